The van der Waals surface area contributed by atoms with Crippen LogP contribution < -0.4 is 10.6 Å². The number of halogens is 2. The molecule has 32 heavy (non-hydrogen) atoms. The average molecular weight is 469 g/mol. The van der Waals surface area contributed by atoms with Crippen LogP contribution in [-0.4, -0.2) is 25.6 Å². The first-order valence-electron chi connectivity index (χ1n) is 10.1. The summed E-state index contributed by atoms with van der Waals surface area (Å²) in [4.78, 5) is 13.1. The Hall–Kier alpha value is -3.29. The Morgan fingerprint density at radius 1 is 0.750 bits per heavy atom. The van der Waals surface area contributed by atoms with Crippen molar-refractivity contribution in [3.8, 4) is 0 Å². The molecule has 164 valence electrons. The molecule has 2 heterocycles. The van der Waals surface area contributed by atoms with Gasteiger partial charge in [-0.1, -0.05) is 47.5 Å². The maximum atomic E-state index is 13.1. The van der Waals surface area contributed by atoms with Gasteiger partial charge in [0.1, 0.15) is 0 Å². The number of benzene rings is 2. The third-order valence-electron chi connectivity index (χ3n) is 5.01. The molecule has 0 saturated carbocycles. The highest BCUT2D eigenvalue weighted by Gasteiger charge is 2.20. The average Bonchev–Trinajstić information content (AvgIpc) is 3.48. The monoisotopic (exact) mass is 468 g/mol. The summed E-state index contributed by atoms with van der Waals surface area (Å²) in [5.74, 6) is 0. The van der Waals surface area contributed by atoms with Gasteiger partial charge in [-0.15, -0.1) is 0 Å². The minimum Gasteiger partial charge on any atom is -0.329 e. The second-order valence-corrected chi connectivity index (χ2v) is 8.16. The molecule has 0 bridgehead atoms. The lowest BCUT2D eigenvalue weighted by atomic mass is 10.1. The van der Waals surface area contributed by atoms with E-state index in [0.29, 0.717) is 23.1 Å². The van der Waals surface area contributed by atoms with Gasteiger partial charge in [0.05, 0.1) is 25.2 Å². The highest BCUT2D eigenvalue weighted by atomic mass is 35.5. The zero-order chi connectivity index (χ0) is 22.3. The van der Waals surface area contributed by atoms with Gasteiger partial charge >= 0.3 is 6.03 Å². The summed E-state index contributed by atoms with van der Waals surface area (Å²) >= 11 is 12.1. The standard InChI is InChI=1S/C23H22Cl2N6O/c24-19-7-3-17(4-8-19)21(15-30-13-1-11-26-30)28-23(32)29-22(16-31-14-2-12-27-31)18-5-9-20(25)10-6-18/h1-14,21-22H,15-16H2,(H2,28,29,32). The van der Waals surface area contributed by atoms with E-state index in [1.807, 2.05) is 48.8 Å². The molecule has 2 unspecified atom stereocenters. The number of carbonyl (C=O) groups is 1. The Morgan fingerprint density at radius 3 is 1.50 bits per heavy atom. The van der Waals surface area contributed by atoms with E-state index in [2.05, 4.69) is 20.8 Å². The van der Waals surface area contributed by atoms with Crippen LogP contribution in [0.15, 0.2) is 85.5 Å². The zero-order valence-corrected chi connectivity index (χ0v) is 18.6. The number of urea groups is 1. The maximum absolute atomic E-state index is 13.1. The van der Waals surface area contributed by atoms with Gasteiger partial charge in [0.25, 0.3) is 0 Å². The number of nitrogens with zero attached hydrogens (tertiary/aromatic N) is 4. The fourth-order valence-corrected chi connectivity index (χ4v) is 3.66. The molecule has 2 N–H and O–H groups in total. The van der Waals surface area contributed by atoms with Crippen LogP contribution >= 0.6 is 23.2 Å². The van der Waals surface area contributed by atoms with E-state index in [1.165, 1.54) is 0 Å². The van der Waals surface area contributed by atoms with Crippen molar-refractivity contribution >= 4 is 29.2 Å². The predicted molar refractivity (Wildman–Crippen MR) is 125 cm³/mol. The SMILES string of the molecule is O=C(NC(Cn1cccn1)c1ccc(Cl)cc1)NC(Cn1cccn1)c1ccc(Cl)cc1. The smallest absolute Gasteiger partial charge is 0.315 e. The molecule has 0 saturated heterocycles. The number of aromatic nitrogens is 4. The van der Waals surface area contributed by atoms with Gasteiger partial charge in [-0.25, -0.2) is 4.79 Å². The normalized spacial score (nSPS) is 12.8. The van der Waals surface area contributed by atoms with E-state index in [4.69, 9.17) is 23.2 Å². The summed E-state index contributed by atoms with van der Waals surface area (Å²) in [6.07, 6.45) is 7.13. The summed E-state index contributed by atoms with van der Waals surface area (Å²) in [7, 11) is 0. The van der Waals surface area contributed by atoms with E-state index < -0.39 is 0 Å². The summed E-state index contributed by atoms with van der Waals surface area (Å²) < 4.78 is 3.56. The van der Waals surface area contributed by atoms with Gasteiger partial charge in [0.15, 0.2) is 0 Å². The number of nitrogens with one attached hydrogen (secondary N) is 2. The third kappa shape index (κ3) is 5.90. The molecule has 0 radical (unpaired) electrons. The minimum atomic E-state index is -0.303. The van der Waals surface area contributed by atoms with E-state index in [-0.39, 0.29) is 18.1 Å². The first-order chi connectivity index (χ1) is 15.6. The highest BCUT2D eigenvalue weighted by Crippen LogP contribution is 2.20. The fraction of sp³-hybridized carbons (Fsp3) is 0.174. The molecular formula is C23H22Cl2N6O. The topological polar surface area (TPSA) is 76.8 Å². The highest BCUT2D eigenvalue weighted by molar-refractivity contribution is 6.30. The van der Waals surface area contributed by atoms with Crippen molar-refractivity contribution in [3.63, 3.8) is 0 Å². The minimum absolute atomic E-state index is 0.302. The lowest BCUT2D eigenvalue weighted by Gasteiger charge is -2.24. The van der Waals surface area contributed by atoms with Crippen LogP contribution in [0.25, 0.3) is 0 Å². The molecule has 2 amide bonds. The van der Waals surface area contributed by atoms with Crippen LogP contribution in [0.4, 0.5) is 4.79 Å². The number of rotatable bonds is 8. The second-order valence-electron chi connectivity index (χ2n) is 7.28. The van der Waals surface area contributed by atoms with Crippen molar-refractivity contribution in [2.45, 2.75) is 25.2 Å². The van der Waals surface area contributed by atoms with Crippen LogP contribution in [0.3, 0.4) is 0 Å². The lowest BCUT2D eigenvalue weighted by Crippen LogP contribution is -2.42. The van der Waals surface area contributed by atoms with Crippen LogP contribution in [0.2, 0.25) is 10.0 Å². The predicted octanol–water partition coefficient (Wildman–Crippen LogP) is 4.87. The molecular weight excluding hydrogens is 447 g/mol. The van der Waals surface area contributed by atoms with Gasteiger partial charge in [0.2, 0.25) is 0 Å². The van der Waals surface area contributed by atoms with Gasteiger partial charge in [-0.05, 0) is 47.5 Å². The van der Waals surface area contributed by atoms with Crippen molar-refractivity contribution in [1.29, 1.82) is 0 Å². The number of hydrogen-bond acceptors (Lipinski definition) is 3. The van der Waals surface area contributed by atoms with Crippen LogP contribution in [0, 0.1) is 0 Å². The molecule has 0 aliphatic heterocycles. The lowest BCUT2D eigenvalue weighted by molar-refractivity contribution is 0.229. The van der Waals surface area contributed by atoms with Crippen molar-refractivity contribution in [1.82, 2.24) is 30.2 Å². The van der Waals surface area contributed by atoms with E-state index in [0.717, 1.165) is 11.1 Å². The summed E-state index contributed by atoms with van der Waals surface area (Å²) in [6, 6.07) is 17.6. The van der Waals surface area contributed by atoms with E-state index in [1.54, 1.807) is 46.0 Å². The third-order valence-corrected chi connectivity index (χ3v) is 5.52. The first-order valence-corrected chi connectivity index (χ1v) is 10.9. The van der Waals surface area contributed by atoms with Crippen molar-refractivity contribution in [2.24, 2.45) is 0 Å². The van der Waals surface area contributed by atoms with Gasteiger partial charge in [-0.3, -0.25) is 9.36 Å². The Bertz CT molecular complexity index is 1020. The van der Waals surface area contributed by atoms with Gasteiger partial charge in [0, 0.05) is 34.8 Å². The molecule has 0 aliphatic carbocycles. The van der Waals surface area contributed by atoms with Crippen molar-refractivity contribution < 1.29 is 4.79 Å². The molecule has 0 aliphatic rings. The Balaban J connectivity index is 1.52. The zero-order valence-electron chi connectivity index (χ0n) is 17.1. The molecule has 2 aromatic carbocycles. The van der Waals surface area contributed by atoms with Crippen LogP contribution in [-0.2, 0) is 13.1 Å². The summed E-state index contributed by atoms with van der Waals surface area (Å²) in [5.41, 5.74) is 1.85. The quantitative estimate of drug-likeness (QED) is 0.387. The first kappa shape index (κ1) is 21.9. The summed E-state index contributed by atoms with van der Waals surface area (Å²) in [6.45, 7) is 0.958. The van der Waals surface area contributed by atoms with E-state index >= 15 is 0 Å². The molecule has 9 heteroatoms. The van der Waals surface area contributed by atoms with Crippen LogP contribution in [0.5, 0.6) is 0 Å². The molecule has 0 spiro atoms. The number of hydrogen-bond donors (Lipinski definition) is 2. The van der Waals surface area contributed by atoms with Crippen molar-refractivity contribution in [3.05, 3.63) is 107 Å². The number of carbonyl (C=O) groups excluding carboxylic acids is 1. The summed E-state index contributed by atoms with van der Waals surface area (Å²) in [5, 5.41) is 16.0. The second kappa shape index (κ2) is 10.3. The Kier molecular flexibility index (Phi) is 7.09. The molecule has 0 fully saturated rings. The molecule has 2 atom stereocenters. The molecule has 2 aromatic heterocycles. The molecule has 7 nitrogen and oxygen atoms in total. The van der Waals surface area contributed by atoms with Gasteiger partial charge < -0.3 is 10.6 Å². The molecule has 4 aromatic rings. The number of amides is 2. The van der Waals surface area contributed by atoms with Gasteiger partial charge in [-0.2, -0.15) is 10.2 Å². The fourth-order valence-electron chi connectivity index (χ4n) is 3.41. The Labute approximate surface area is 196 Å². The van der Waals surface area contributed by atoms with Crippen molar-refractivity contribution in [2.75, 3.05) is 0 Å². The Morgan fingerprint density at radius 2 is 1.16 bits per heavy atom. The van der Waals surface area contributed by atoms with E-state index in [9.17, 15) is 4.79 Å². The largest absolute Gasteiger partial charge is 0.329 e. The maximum Gasteiger partial charge on any atom is 0.315 e. The van der Waals surface area contributed by atoms with Crippen LogP contribution in [0.1, 0.15) is 23.2 Å². The molecule has 4 rings (SSSR count).